The number of anilines is 1. The van der Waals surface area contributed by atoms with Crippen molar-refractivity contribution in [1.29, 1.82) is 0 Å². The predicted octanol–water partition coefficient (Wildman–Crippen LogP) is 2.95. The standard InChI is InChI=1S/C16H22N4O/c1-12-17-10-11-20(12)16-14(7-5-9-18-16)19-13-6-3-4-8-15(13)21-2/h5,7,9-11,13,15,19H,3-4,6,8H2,1-2H3. The van der Waals surface area contributed by atoms with Gasteiger partial charge in [-0.2, -0.15) is 0 Å². The van der Waals surface area contributed by atoms with E-state index in [4.69, 9.17) is 4.74 Å². The van der Waals surface area contributed by atoms with E-state index in [0.29, 0.717) is 6.04 Å². The lowest BCUT2D eigenvalue weighted by atomic mass is 9.92. The Morgan fingerprint density at radius 1 is 1.24 bits per heavy atom. The van der Waals surface area contributed by atoms with Gasteiger partial charge in [0, 0.05) is 25.7 Å². The third-order valence-corrected chi connectivity index (χ3v) is 4.19. The first-order valence-electron chi connectivity index (χ1n) is 7.54. The number of rotatable bonds is 4. The van der Waals surface area contributed by atoms with Crippen LogP contribution in [0.4, 0.5) is 5.69 Å². The number of imidazole rings is 1. The number of aromatic nitrogens is 3. The lowest BCUT2D eigenvalue weighted by molar-refractivity contribution is 0.0606. The summed E-state index contributed by atoms with van der Waals surface area (Å²) in [5.74, 6) is 1.83. The Balaban J connectivity index is 1.87. The molecule has 0 aliphatic heterocycles. The maximum atomic E-state index is 5.63. The van der Waals surface area contributed by atoms with E-state index in [9.17, 15) is 0 Å². The number of nitrogens with one attached hydrogen (secondary N) is 1. The van der Waals surface area contributed by atoms with E-state index in [1.807, 2.05) is 30.0 Å². The van der Waals surface area contributed by atoms with Crippen LogP contribution in [-0.2, 0) is 4.74 Å². The van der Waals surface area contributed by atoms with Crippen molar-refractivity contribution >= 4 is 5.69 Å². The average Bonchev–Trinajstić information content (AvgIpc) is 2.94. The lowest BCUT2D eigenvalue weighted by Crippen LogP contribution is -2.38. The maximum Gasteiger partial charge on any atom is 0.161 e. The smallest absolute Gasteiger partial charge is 0.161 e. The van der Waals surface area contributed by atoms with Crippen LogP contribution in [0.3, 0.4) is 0 Å². The minimum absolute atomic E-state index is 0.274. The van der Waals surface area contributed by atoms with Crippen LogP contribution in [0.25, 0.3) is 5.82 Å². The second-order valence-corrected chi connectivity index (χ2v) is 5.53. The molecule has 0 radical (unpaired) electrons. The van der Waals surface area contributed by atoms with Crippen molar-refractivity contribution in [3.8, 4) is 5.82 Å². The van der Waals surface area contributed by atoms with Crippen LogP contribution in [0.1, 0.15) is 31.5 Å². The molecule has 0 bridgehead atoms. The number of methoxy groups -OCH3 is 1. The van der Waals surface area contributed by atoms with Crippen LogP contribution in [0.5, 0.6) is 0 Å². The van der Waals surface area contributed by atoms with Gasteiger partial charge in [0.25, 0.3) is 0 Å². The normalized spacial score (nSPS) is 22.2. The van der Waals surface area contributed by atoms with Gasteiger partial charge in [-0.15, -0.1) is 0 Å². The van der Waals surface area contributed by atoms with Crippen LogP contribution in [0.15, 0.2) is 30.7 Å². The van der Waals surface area contributed by atoms with Crippen LogP contribution < -0.4 is 5.32 Å². The lowest BCUT2D eigenvalue weighted by Gasteiger charge is -2.32. The van der Waals surface area contributed by atoms with E-state index < -0.39 is 0 Å². The molecule has 0 spiro atoms. The van der Waals surface area contributed by atoms with Crippen molar-refractivity contribution in [1.82, 2.24) is 14.5 Å². The fourth-order valence-electron chi connectivity index (χ4n) is 3.05. The molecule has 2 unspecified atom stereocenters. The molecule has 3 rings (SSSR count). The van der Waals surface area contributed by atoms with Gasteiger partial charge in [-0.1, -0.05) is 12.8 Å². The quantitative estimate of drug-likeness (QED) is 0.939. The Bertz CT molecular complexity index is 595. The molecule has 1 fully saturated rings. The largest absolute Gasteiger partial charge is 0.379 e. The second-order valence-electron chi connectivity index (χ2n) is 5.53. The van der Waals surface area contributed by atoms with E-state index >= 15 is 0 Å². The summed E-state index contributed by atoms with van der Waals surface area (Å²) < 4.78 is 7.64. The molecule has 0 aromatic carbocycles. The first-order chi connectivity index (χ1) is 10.3. The Morgan fingerprint density at radius 2 is 2.10 bits per heavy atom. The molecule has 2 heterocycles. The van der Waals surface area contributed by atoms with Crippen molar-refractivity contribution in [2.75, 3.05) is 12.4 Å². The highest BCUT2D eigenvalue weighted by Gasteiger charge is 2.25. The molecule has 2 aromatic rings. The molecule has 2 atom stereocenters. The van der Waals surface area contributed by atoms with E-state index in [-0.39, 0.29) is 6.10 Å². The van der Waals surface area contributed by atoms with E-state index in [0.717, 1.165) is 30.2 Å². The summed E-state index contributed by atoms with van der Waals surface area (Å²) in [5, 5.41) is 3.63. The Labute approximate surface area is 125 Å². The highest BCUT2D eigenvalue weighted by atomic mass is 16.5. The summed E-state index contributed by atoms with van der Waals surface area (Å²) in [4.78, 5) is 8.80. The van der Waals surface area contributed by atoms with Gasteiger partial charge in [0.15, 0.2) is 5.82 Å². The topological polar surface area (TPSA) is 52.0 Å². The number of aryl methyl sites for hydroxylation is 1. The van der Waals surface area contributed by atoms with E-state index in [1.54, 1.807) is 13.3 Å². The van der Waals surface area contributed by atoms with E-state index in [2.05, 4.69) is 21.4 Å². The fourth-order valence-corrected chi connectivity index (χ4v) is 3.05. The number of nitrogens with zero attached hydrogens (tertiary/aromatic N) is 3. The molecular formula is C16H22N4O. The minimum Gasteiger partial charge on any atom is -0.379 e. The SMILES string of the molecule is COC1CCCCC1Nc1cccnc1-n1ccnc1C. The van der Waals surface area contributed by atoms with Crippen LogP contribution in [0.2, 0.25) is 0 Å². The minimum atomic E-state index is 0.274. The zero-order chi connectivity index (χ0) is 14.7. The molecule has 0 amide bonds. The molecule has 1 saturated carbocycles. The first-order valence-corrected chi connectivity index (χ1v) is 7.54. The molecule has 1 N–H and O–H groups in total. The third kappa shape index (κ3) is 2.93. The summed E-state index contributed by atoms with van der Waals surface area (Å²) in [6.45, 7) is 1.98. The van der Waals surface area contributed by atoms with Crippen LogP contribution in [-0.4, -0.2) is 33.8 Å². The number of hydrogen-bond acceptors (Lipinski definition) is 4. The van der Waals surface area contributed by atoms with Gasteiger partial charge in [-0.3, -0.25) is 4.57 Å². The van der Waals surface area contributed by atoms with Crippen LogP contribution >= 0.6 is 0 Å². The Hall–Kier alpha value is -1.88. The van der Waals surface area contributed by atoms with Crippen molar-refractivity contribution in [3.05, 3.63) is 36.5 Å². The van der Waals surface area contributed by atoms with Crippen molar-refractivity contribution in [2.24, 2.45) is 0 Å². The van der Waals surface area contributed by atoms with Gasteiger partial charge in [0.2, 0.25) is 0 Å². The summed E-state index contributed by atoms with van der Waals surface area (Å²) in [5.41, 5.74) is 1.03. The van der Waals surface area contributed by atoms with Crippen molar-refractivity contribution in [2.45, 2.75) is 44.8 Å². The van der Waals surface area contributed by atoms with Gasteiger partial charge in [-0.05, 0) is 31.9 Å². The number of ether oxygens (including phenoxy) is 1. The van der Waals surface area contributed by atoms with Crippen molar-refractivity contribution < 1.29 is 4.74 Å². The molecule has 2 aromatic heterocycles. The molecule has 1 aliphatic rings. The highest BCUT2D eigenvalue weighted by Crippen LogP contribution is 2.26. The van der Waals surface area contributed by atoms with E-state index in [1.165, 1.54) is 12.8 Å². The zero-order valence-electron chi connectivity index (χ0n) is 12.6. The van der Waals surface area contributed by atoms with Crippen LogP contribution in [0, 0.1) is 6.92 Å². The zero-order valence-corrected chi connectivity index (χ0v) is 12.6. The van der Waals surface area contributed by atoms with Gasteiger partial charge in [0.1, 0.15) is 5.82 Å². The summed E-state index contributed by atoms with van der Waals surface area (Å²) in [6, 6.07) is 4.38. The summed E-state index contributed by atoms with van der Waals surface area (Å²) in [6.07, 6.45) is 10.6. The molecule has 1 aliphatic carbocycles. The summed E-state index contributed by atoms with van der Waals surface area (Å²) >= 11 is 0. The van der Waals surface area contributed by atoms with Gasteiger partial charge >= 0.3 is 0 Å². The summed E-state index contributed by atoms with van der Waals surface area (Å²) in [7, 11) is 1.80. The number of hydrogen-bond donors (Lipinski definition) is 1. The molecule has 21 heavy (non-hydrogen) atoms. The van der Waals surface area contributed by atoms with Gasteiger partial charge in [-0.25, -0.2) is 9.97 Å². The monoisotopic (exact) mass is 286 g/mol. The third-order valence-electron chi connectivity index (χ3n) is 4.19. The molecular weight excluding hydrogens is 264 g/mol. The Morgan fingerprint density at radius 3 is 2.86 bits per heavy atom. The Kier molecular flexibility index (Phi) is 4.20. The fraction of sp³-hybridized carbons (Fsp3) is 0.500. The molecule has 5 nitrogen and oxygen atoms in total. The number of pyridine rings is 1. The highest BCUT2D eigenvalue weighted by molar-refractivity contribution is 5.57. The van der Waals surface area contributed by atoms with Gasteiger partial charge in [0.05, 0.1) is 17.8 Å². The second kappa shape index (κ2) is 6.26. The average molecular weight is 286 g/mol. The molecule has 112 valence electrons. The van der Waals surface area contributed by atoms with Crippen molar-refractivity contribution in [3.63, 3.8) is 0 Å². The predicted molar refractivity (Wildman–Crippen MR) is 82.8 cm³/mol. The maximum absolute atomic E-state index is 5.63. The van der Waals surface area contributed by atoms with Gasteiger partial charge < -0.3 is 10.1 Å². The molecule has 0 saturated heterocycles. The first kappa shape index (κ1) is 14.1. The molecule has 5 heteroatoms.